The highest BCUT2D eigenvalue weighted by molar-refractivity contribution is 9.10. The first-order valence-electron chi connectivity index (χ1n) is 6.57. The van der Waals surface area contributed by atoms with E-state index in [-0.39, 0.29) is 0 Å². The van der Waals surface area contributed by atoms with E-state index in [1.165, 1.54) is 0 Å². The quantitative estimate of drug-likeness (QED) is 0.856. The van der Waals surface area contributed by atoms with Crippen molar-refractivity contribution in [2.75, 3.05) is 31.1 Å². The molecule has 1 fully saturated rings. The number of hydrogen-bond acceptors (Lipinski definition) is 3. The maximum atomic E-state index is 5.83. The minimum atomic E-state index is 0.466. The van der Waals surface area contributed by atoms with Crippen LogP contribution in [0.4, 0.5) is 5.69 Å². The molecule has 1 aliphatic rings. The molecule has 1 saturated heterocycles. The second-order valence-corrected chi connectivity index (χ2v) is 6.50. The van der Waals surface area contributed by atoms with Gasteiger partial charge in [-0.3, -0.25) is 4.90 Å². The third kappa shape index (κ3) is 3.46. The minimum absolute atomic E-state index is 0.466. The highest BCUT2D eigenvalue weighted by Crippen LogP contribution is 2.26. The van der Waals surface area contributed by atoms with E-state index in [1.807, 2.05) is 12.1 Å². The van der Waals surface area contributed by atoms with Gasteiger partial charge in [-0.2, -0.15) is 0 Å². The van der Waals surface area contributed by atoms with E-state index in [1.54, 1.807) is 0 Å². The molecule has 104 valence electrons. The van der Waals surface area contributed by atoms with Crippen molar-refractivity contribution in [3.05, 3.63) is 28.2 Å². The van der Waals surface area contributed by atoms with Gasteiger partial charge in [-0.15, -0.1) is 0 Å². The molecule has 0 aromatic heterocycles. The molecule has 0 spiro atoms. The number of thiocarbonyl (C=S) groups is 1. The number of anilines is 1. The van der Waals surface area contributed by atoms with Crippen LogP contribution in [0.2, 0.25) is 0 Å². The fourth-order valence-corrected chi connectivity index (χ4v) is 2.98. The Kier molecular flexibility index (Phi) is 4.81. The van der Waals surface area contributed by atoms with Gasteiger partial charge in [-0.05, 0) is 32.0 Å². The van der Waals surface area contributed by atoms with Gasteiger partial charge in [0.15, 0.2) is 0 Å². The second-order valence-electron chi connectivity index (χ2n) is 5.14. The van der Waals surface area contributed by atoms with Gasteiger partial charge in [-0.1, -0.05) is 28.1 Å². The average molecular weight is 342 g/mol. The molecule has 19 heavy (non-hydrogen) atoms. The standard InChI is InChI=1S/C14H20BrN3S/c1-10(2)17-5-7-18(8-6-17)13-9-11(15)3-4-12(13)14(16)19/h3-4,9-10H,5-8H2,1-2H3,(H2,16,19). The van der Waals surface area contributed by atoms with E-state index in [0.717, 1.165) is 41.9 Å². The SMILES string of the molecule is CC(C)N1CCN(c2cc(Br)ccc2C(N)=S)CC1. The maximum Gasteiger partial charge on any atom is 0.106 e. The molecule has 0 radical (unpaired) electrons. The fraction of sp³-hybridized carbons (Fsp3) is 0.500. The molecular weight excluding hydrogens is 322 g/mol. The van der Waals surface area contributed by atoms with Crippen LogP contribution in [-0.2, 0) is 0 Å². The molecular formula is C14H20BrN3S. The Balaban J connectivity index is 2.19. The number of nitrogens with zero attached hydrogens (tertiary/aromatic N) is 2. The first kappa shape index (κ1) is 14.8. The van der Waals surface area contributed by atoms with E-state index in [4.69, 9.17) is 18.0 Å². The highest BCUT2D eigenvalue weighted by atomic mass is 79.9. The zero-order chi connectivity index (χ0) is 14.0. The molecule has 0 unspecified atom stereocenters. The summed E-state index contributed by atoms with van der Waals surface area (Å²) in [5, 5.41) is 0. The first-order chi connectivity index (χ1) is 8.99. The van der Waals surface area contributed by atoms with Crippen molar-refractivity contribution in [3.8, 4) is 0 Å². The van der Waals surface area contributed by atoms with Crippen LogP contribution in [0.3, 0.4) is 0 Å². The Morgan fingerprint density at radius 2 is 1.89 bits per heavy atom. The molecule has 1 aliphatic heterocycles. The van der Waals surface area contributed by atoms with Crippen molar-refractivity contribution >= 4 is 38.8 Å². The van der Waals surface area contributed by atoms with Gasteiger partial charge < -0.3 is 10.6 Å². The molecule has 2 N–H and O–H groups in total. The van der Waals surface area contributed by atoms with Crippen LogP contribution in [0.1, 0.15) is 19.4 Å². The Hall–Kier alpha value is -0.650. The summed E-state index contributed by atoms with van der Waals surface area (Å²) in [4.78, 5) is 5.33. The Bertz CT molecular complexity index is 468. The monoisotopic (exact) mass is 341 g/mol. The molecule has 0 aliphatic carbocycles. The van der Waals surface area contributed by atoms with Gasteiger partial charge in [0.25, 0.3) is 0 Å². The van der Waals surface area contributed by atoms with E-state index in [0.29, 0.717) is 11.0 Å². The van der Waals surface area contributed by atoms with Crippen molar-refractivity contribution in [2.24, 2.45) is 5.73 Å². The number of piperazine rings is 1. The summed E-state index contributed by atoms with van der Waals surface area (Å²) in [6.07, 6.45) is 0. The summed E-state index contributed by atoms with van der Waals surface area (Å²) in [6.45, 7) is 8.70. The molecule has 1 aromatic rings. The third-order valence-electron chi connectivity index (χ3n) is 3.61. The van der Waals surface area contributed by atoms with E-state index in [9.17, 15) is 0 Å². The van der Waals surface area contributed by atoms with Crippen molar-refractivity contribution in [3.63, 3.8) is 0 Å². The van der Waals surface area contributed by atoms with Gasteiger partial charge in [0.05, 0.1) is 0 Å². The predicted octanol–water partition coefficient (Wildman–Crippen LogP) is 2.61. The molecule has 5 heteroatoms. The van der Waals surface area contributed by atoms with E-state index in [2.05, 4.69) is 45.6 Å². The predicted molar refractivity (Wildman–Crippen MR) is 89.0 cm³/mol. The van der Waals surface area contributed by atoms with Crippen molar-refractivity contribution in [1.82, 2.24) is 4.90 Å². The van der Waals surface area contributed by atoms with Crippen LogP contribution in [0.15, 0.2) is 22.7 Å². The maximum absolute atomic E-state index is 5.83. The highest BCUT2D eigenvalue weighted by Gasteiger charge is 2.21. The number of nitrogens with two attached hydrogens (primary N) is 1. The van der Waals surface area contributed by atoms with Crippen LogP contribution >= 0.6 is 28.1 Å². The van der Waals surface area contributed by atoms with E-state index >= 15 is 0 Å². The molecule has 3 nitrogen and oxygen atoms in total. The van der Waals surface area contributed by atoms with Crippen LogP contribution in [0, 0.1) is 0 Å². The summed E-state index contributed by atoms with van der Waals surface area (Å²) in [7, 11) is 0. The van der Waals surface area contributed by atoms with Crippen molar-refractivity contribution < 1.29 is 0 Å². The first-order valence-corrected chi connectivity index (χ1v) is 7.77. The summed E-state index contributed by atoms with van der Waals surface area (Å²) in [5.41, 5.74) is 7.94. The van der Waals surface area contributed by atoms with E-state index < -0.39 is 0 Å². The lowest BCUT2D eigenvalue weighted by Gasteiger charge is -2.38. The second kappa shape index (κ2) is 6.20. The molecule has 2 rings (SSSR count). The molecule has 0 bridgehead atoms. The van der Waals surface area contributed by atoms with Gasteiger partial charge in [0.1, 0.15) is 4.99 Å². The zero-order valence-electron chi connectivity index (χ0n) is 11.4. The van der Waals surface area contributed by atoms with Crippen LogP contribution in [0.5, 0.6) is 0 Å². The number of rotatable bonds is 3. The van der Waals surface area contributed by atoms with Crippen LogP contribution < -0.4 is 10.6 Å². The number of halogens is 1. The molecule has 1 heterocycles. The Labute approximate surface area is 128 Å². The number of benzene rings is 1. The number of hydrogen-bond donors (Lipinski definition) is 1. The van der Waals surface area contributed by atoms with Crippen molar-refractivity contribution in [2.45, 2.75) is 19.9 Å². The zero-order valence-corrected chi connectivity index (χ0v) is 13.8. The minimum Gasteiger partial charge on any atom is -0.389 e. The lowest BCUT2D eigenvalue weighted by molar-refractivity contribution is 0.209. The summed E-state index contributed by atoms with van der Waals surface area (Å²) < 4.78 is 1.06. The Morgan fingerprint density at radius 1 is 1.26 bits per heavy atom. The lowest BCUT2D eigenvalue weighted by Crippen LogP contribution is -2.49. The van der Waals surface area contributed by atoms with Gasteiger partial charge in [0.2, 0.25) is 0 Å². The normalized spacial score (nSPS) is 16.9. The van der Waals surface area contributed by atoms with Crippen LogP contribution in [-0.4, -0.2) is 42.1 Å². The molecule has 0 amide bonds. The molecule has 0 atom stereocenters. The average Bonchev–Trinajstić information content (AvgIpc) is 2.38. The van der Waals surface area contributed by atoms with Gasteiger partial charge in [-0.25, -0.2) is 0 Å². The Morgan fingerprint density at radius 3 is 2.42 bits per heavy atom. The van der Waals surface area contributed by atoms with Crippen molar-refractivity contribution in [1.29, 1.82) is 0 Å². The van der Waals surface area contributed by atoms with Gasteiger partial charge >= 0.3 is 0 Å². The smallest absolute Gasteiger partial charge is 0.106 e. The third-order valence-corrected chi connectivity index (χ3v) is 4.32. The summed E-state index contributed by atoms with van der Waals surface area (Å²) >= 11 is 8.68. The molecule has 0 saturated carbocycles. The largest absolute Gasteiger partial charge is 0.389 e. The lowest BCUT2D eigenvalue weighted by atomic mass is 10.1. The fourth-order valence-electron chi connectivity index (χ4n) is 2.45. The molecule has 1 aromatic carbocycles. The van der Waals surface area contributed by atoms with Crippen LogP contribution in [0.25, 0.3) is 0 Å². The summed E-state index contributed by atoms with van der Waals surface area (Å²) in [6, 6.07) is 6.71. The van der Waals surface area contributed by atoms with Gasteiger partial charge in [0, 0.05) is 47.9 Å². The topological polar surface area (TPSA) is 32.5 Å². The summed E-state index contributed by atoms with van der Waals surface area (Å²) in [5.74, 6) is 0.